The number of alkyl halides is 3. The summed E-state index contributed by atoms with van der Waals surface area (Å²) in [6, 6.07) is 17.2. The molecule has 4 aromatic rings. The minimum atomic E-state index is -5.08. The van der Waals surface area contributed by atoms with E-state index in [2.05, 4.69) is 24.0 Å². The molecule has 42 heavy (non-hydrogen) atoms. The average molecular weight is 589 g/mol. The maximum atomic E-state index is 14.1. The fourth-order valence-electron chi connectivity index (χ4n) is 4.80. The summed E-state index contributed by atoms with van der Waals surface area (Å²) in [6.07, 6.45) is -3.39. The monoisotopic (exact) mass is 588 g/mol. The number of aliphatic carboxylic acids is 2. The molecule has 2 heterocycles. The van der Waals surface area contributed by atoms with Crippen LogP contribution in [0.25, 0.3) is 16.7 Å². The number of nitrogens with zero attached hydrogens (tertiary/aromatic N) is 2. The Hall–Kier alpha value is -4.61. The van der Waals surface area contributed by atoms with Gasteiger partial charge in [0.05, 0.1) is 36.4 Å². The zero-order chi connectivity index (χ0) is 30.6. The molecule has 0 saturated carbocycles. The van der Waals surface area contributed by atoms with E-state index in [-0.39, 0.29) is 18.2 Å². The quantitative estimate of drug-likeness (QED) is 0.235. The molecule has 0 aliphatic carbocycles. The van der Waals surface area contributed by atoms with E-state index >= 15 is 0 Å². The highest BCUT2D eigenvalue weighted by Crippen LogP contribution is 2.37. The normalized spacial score (nSPS) is 14.1. The van der Waals surface area contributed by atoms with Crippen molar-refractivity contribution < 1.29 is 46.8 Å². The van der Waals surface area contributed by atoms with E-state index in [4.69, 9.17) is 24.5 Å². The Morgan fingerprint density at radius 1 is 1.10 bits per heavy atom. The summed E-state index contributed by atoms with van der Waals surface area (Å²) in [4.78, 5) is 24.6. The first-order valence-electron chi connectivity index (χ1n) is 13.1. The second-order valence-corrected chi connectivity index (χ2v) is 9.64. The lowest BCUT2D eigenvalue weighted by Gasteiger charge is -2.15. The minimum absolute atomic E-state index is 0.0783. The van der Waals surface area contributed by atoms with Crippen molar-refractivity contribution in [3.8, 4) is 17.4 Å². The number of hydrogen-bond donors (Lipinski definition) is 2. The molecule has 1 aromatic heterocycles. The van der Waals surface area contributed by atoms with Crippen LogP contribution in [0.5, 0.6) is 11.8 Å². The zero-order valence-corrected chi connectivity index (χ0v) is 22.7. The highest BCUT2D eigenvalue weighted by atomic mass is 19.4. The molecule has 2 N–H and O–H groups in total. The first-order valence-corrected chi connectivity index (χ1v) is 13.1. The third kappa shape index (κ3) is 6.81. The number of carboxylic acid groups (broad SMARTS) is 2. The molecule has 1 aliphatic heterocycles. The maximum absolute atomic E-state index is 14.1. The Kier molecular flexibility index (Phi) is 9.03. The van der Waals surface area contributed by atoms with Crippen molar-refractivity contribution in [2.24, 2.45) is 0 Å². The molecule has 1 atom stereocenters. The van der Waals surface area contributed by atoms with Crippen molar-refractivity contribution in [2.75, 3.05) is 13.2 Å². The Labute approximate surface area is 238 Å². The summed E-state index contributed by atoms with van der Waals surface area (Å²) in [5, 5.41) is 16.2. The van der Waals surface area contributed by atoms with E-state index in [1.54, 1.807) is 6.07 Å². The van der Waals surface area contributed by atoms with Crippen molar-refractivity contribution in [2.45, 2.75) is 45.2 Å². The molecular weight excluding hydrogens is 560 g/mol. The van der Waals surface area contributed by atoms with Crippen LogP contribution < -0.4 is 9.47 Å². The van der Waals surface area contributed by atoms with Gasteiger partial charge in [-0.05, 0) is 67.6 Å². The second-order valence-electron chi connectivity index (χ2n) is 9.64. The van der Waals surface area contributed by atoms with Crippen LogP contribution in [0.3, 0.4) is 0 Å². The Morgan fingerprint density at radius 2 is 1.83 bits per heavy atom. The van der Waals surface area contributed by atoms with Gasteiger partial charge in [-0.3, -0.25) is 9.36 Å². The number of carbonyl (C=O) groups is 2. The fraction of sp³-hybridized carbons (Fsp3) is 0.300. The Morgan fingerprint density at radius 3 is 2.50 bits per heavy atom. The van der Waals surface area contributed by atoms with Crippen molar-refractivity contribution in [3.63, 3.8) is 0 Å². The second kappa shape index (κ2) is 12.5. The van der Waals surface area contributed by atoms with Gasteiger partial charge in [0.1, 0.15) is 11.6 Å². The molecule has 3 aromatic carbocycles. The van der Waals surface area contributed by atoms with Crippen LogP contribution in [0.15, 0.2) is 54.6 Å². The van der Waals surface area contributed by atoms with Gasteiger partial charge in [0, 0.05) is 17.5 Å². The van der Waals surface area contributed by atoms with Gasteiger partial charge in [-0.2, -0.15) is 18.2 Å². The fourth-order valence-corrected chi connectivity index (χ4v) is 4.80. The van der Waals surface area contributed by atoms with E-state index in [1.165, 1.54) is 17.7 Å². The average Bonchev–Trinajstić information content (AvgIpc) is 3.48. The number of hydrogen-bond acceptors (Lipinski definition) is 5. The number of halogens is 4. The Bertz CT molecular complexity index is 1620. The molecule has 0 amide bonds. The molecule has 0 bridgehead atoms. The van der Waals surface area contributed by atoms with Crippen LogP contribution in [0.1, 0.15) is 41.5 Å². The zero-order valence-electron chi connectivity index (χ0n) is 22.7. The van der Waals surface area contributed by atoms with Crippen LogP contribution in [-0.2, 0) is 22.4 Å². The van der Waals surface area contributed by atoms with Crippen LogP contribution in [-0.4, -0.2) is 51.1 Å². The minimum Gasteiger partial charge on any atom is -0.493 e. The van der Waals surface area contributed by atoms with E-state index in [0.717, 1.165) is 41.0 Å². The summed E-state index contributed by atoms with van der Waals surface area (Å²) in [5.74, 6) is -3.20. The van der Waals surface area contributed by atoms with Crippen molar-refractivity contribution in [1.82, 2.24) is 9.55 Å². The third-order valence-electron chi connectivity index (χ3n) is 6.82. The van der Waals surface area contributed by atoms with Gasteiger partial charge >= 0.3 is 24.1 Å². The molecule has 0 spiro atoms. The van der Waals surface area contributed by atoms with Crippen LogP contribution in [0.4, 0.5) is 17.6 Å². The summed E-state index contributed by atoms with van der Waals surface area (Å²) < 4.78 is 59.3. The van der Waals surface area contributed by atoms with E-state index in [1.807, 2.05) is 35.8 Å². The van der Waals surface area contributed by atoms with Gasteiger partial charge in [0.15, 0.2) is 0 Å². The predicted molar refractivity (Wildman–Crippen MR) is 145 cm³/mol. The van der Waals surface area contributed by atoms with E-state index in [9.17, 15) is 22.4 Å². The van der Waals surface area contributed by atoms with Gasteiger partial charge in [0.2, 0.25) is 0 Å². The van der Waals surface area contributed by atoms with Crippen molar-refractivity contribution in [3.05, 3.63) is 82.7 Å². The smallest absolute Gasteiger partial charge is 0.490 e. The van der Waals surface area contributed by atoms with Crippen molar-refractivity contribution in [1.29, 1.82) is 0 Å². The molecule has 0 fully saturated rings. The number of aryl methyl sites for hydroxylation is 2. The van der Waals surface area contributed by atoms with Gasteiger partial charge in [-0.25, -0.2) is 9.18 Å². The van der Waals surface area contributed by atoms with Gasteiger partial charge in [0.25, 0.3) is 0 Å². The number of ether oxygens (including phenoxy) is 2. The number of carboxylic acids is 2. The highest BCUT2D eigenvalue weighted by Gasteiger charge is 2.38. The molecule has 0 radical (unpaired) electrons. The molecule has 0 saturated heterocycles. The first kappa shape index (κ1) is 30.4. The van der Waals surface area contributed by atoms with E-state index < -0.39 is 18.1 Å². The van der Waals surface area contributed by atoms with Crippen LogP contribution in [0.2, 0.25) is 0 Å². The lowest BCUT2D eigenvalue weighted by atomic mass is 9.94. The topological polar surface area (TPSA) is 111 Å². The molecule has 1 aliphatic rings. The van der Waals surface area contributed by atoms with Crippen LogP contribution in [0, 0.1) is 12.7 Å². The third-order valence-corrected chi connectivity index (χ3v) is 6.82. The molecule has 0 unspecified atom stereocenters. The highest BCUT2D eigenvalue weighted by molar-refractivity contribution is 5.79. The molecule has 12 heteroatoms. The first-order chi connectivity index (χ1) is 19.9. The Balaban J connectivity index is 0.000000517. The summed E-state index contributed by atoms with van der Waals surface area (Å²) in [5.41, 5.74) is 6.61. The number of rotatable bonds is 8. The standard InChI is InChI=1S/C28H27FN2O4.C2HF3O2/c1-3-34-28-30-23-12-10-21(29)15-25(23)31(28)24-6-4-5-19(17(24)2)9-7-18-8-11-22-20(14-27(32)33)16-35-26(22)13-18;3-2(4,5)1(6)7/h4-6,8,10-13,15,20H,3,7,9,14,16H2,1-2H3,(H,32,33);(H,6,7)/t20-;/m1./s1. The van der Waals surface area contributed by atoms with E-state index in [0.29, 0.717) is 30.3 Å². The predicted octanol–water partition coefficient (Wildman–Crippen LogP) is 6.24. The van der Waals surface area contributed by atoms with Crippen LogP contribution >= 0.6 is 0 Å². The molecule has 222 valence electrons. The number of aromatic nitrogens is 2. The number of benzene rings is 3. The number of imidazole rings is 1. The van der Waals surface area contributed by atoms with Gasteiger partial charge in [-0.15, -0.1) is 0 Å². The lowest BCUT2D eigenvalue weighted by molar-refractivity contribution is -0.192. The molecule has 8 nitrogen and oxygen atoms in total. The maximum Gasteiger partial charge on any atom is 0.490 e. The largest absolute Gasteiger partial charge is 0.493 e. The van der Waals surface area contributed by atoms with Crippen molar-refractivity contribution >= 4 is 23.0 Å². The number of fused-ring (bicyclic) bond motifs is 2. The lowest BCUT2D eigenvalue weighted by Crippen LogP contribution is -2.21. The molecule has 5 rings (SSSR count). The molecular formula is C30H28F4N2O6. The van der Waals surface area contributed by atoms with Gasteiger partial charge in [-0.1, -0.05) is 24.3 Å². The summed E-state index contributed by atoms with van der Waals surface area (Å²) in [6.45, 7) is 4.83. The summed E-state index contributed by atoms with van der Waals surface area (Å²) >= 11 is 0. The van der Waals surface area contributed by atoms with Gasteiger partial charge < -0.3 is 19.7 Å². The SMILES string of the molecule is CCOc1nc2ccc(F)cc2n1-c1cccc(CCc2ccc3c(c2)OC[C@H]3CC(=O)O)c1C.O=C(O)C(F)(F)F. The summed E-state index contributed by atoms with van der Waals surface area (Å²) in [7, 11) is 0.